The van der Waals surface area contributed by atoms with Crippen molar-refractivity contribution in [1.82, 2.24) is 4.98 Å². The summed E-state index contributed by atoms with van der Waals surface area (Å²) in [5, 5.41) is -0.664. The molecule has 23 heavy (non-hydrogen) atoms. The Labute approximate surface area is 139 Å². The molecule has 0 spiro atoms. The summed E-state index contributed by atoms with van der Waals surface area (Å²) in [5.41, 5.74) is 5.41. The number of nitrogens with zero attached hydrogens (tertiary/aromatic N) is 1. The molecular formula is C14H10Cl2F2N2O3. The summed E-state index contributed by atoms with van der Waals surface area (Å²) in [4.78, 5) is 14.9. The normalized spacial score (nSPS) is 10.4. The van der Waals surface area contributed by atoms with Crippen LogP contribution in [0.2, 0.25) is 10.0 Å². The molecule has 0 aliphatic heterocycles. The number of carbonyl (C=O) groups excluding carboxylic acids is 1. The second kappa shape index (κ2) is 7.43. The second-order valence-electron chi connectivity index (χ2n) is 4.29. The van der Waals surface area contributed by atoms with Crippen molar-refractivity contribution >= 4 is 34.9 Å². The first-order chi connectivity index (χ1) is 10.9. The van der Waals surface area contributed by atoms with Gasteiger partial charge in [0.05, 0.1) is 5.69 Å². The third-order valence-corrected chi connectivity index (χ3v) is 3.44. The van der Waals surface area contributed by atoms with E-state index in [4.69, 9.17) is 38.4 Å². The van der Waals surface area contributed by atoms with Crippen LogP contribution in [-0.4, -0.2) is 17.6 Å². The molecule has 122 valence electrons. The number of nitrogens with two attached hydrogens (primary N) is 1. The largest absolute Gasteiger partial charge is 0.464 e. The van der Waals surface area contributed by atoms with E-state index >= 15 is 0 Å². The molecule has 5 nitrogen and oxygen atoms in total. The summed E-state index contributed by atoms with van der Waals surface area (Å²) < 4.78 is 36.5. The molecule has 0 saturated heterocycles. The number of aromatic nitrogens is 1. The number of carbonyl (C=O) groups is 1. The number of hydrogen-bond donors (Lipinski definition) is 1. The Kier molecular flexibility index (Phi) is 5.57. The van der Waals surface area contributed by atoms with Crippen molar-refractivity contribution in [3.05, 3.63) is 51.6 Å². The molecule has 0 saturated carbocycles. The molecule has 0 bridgehead atoms. The van der Waals surface area contributed by atoms with E-state index in [0.29, 0.717) is 0 Å². The zero-order valence-electron chi connectivity index (χ0n) is 11.5. The van der Waals surface area contributed by atoms with E-state index in [0.717, 1.165) is 0 Å². The van der Waals surface area contributed by atoms with Gasteiger partial charge in [0.2, 0.25) is 11.8 Å². The van der Waals surface area contributed by atoms with Crippen LogP contribution in [0.4, 0.5) is 14.5 Å². The Morgan fingerprint density at radius 1 is 1.22 bits per heavy atom. The minimum Gasteiger partial charge on any atom is -0.464 e. The molecule has 0 atom stereocenters. The zero-order chi connectivity index (χ0) is 17.0. The minimum absolute atomic E-state index is 0.207. The fourth-order valence-electron chi connectivity index (χ4n) is 1.55. The van der Waals surface area contributed by atoms with Crippen LogP contribution in [0.25, 0.3) is 0 Å². The van der Waals surface area contributed by atoms with Gasteiger partial charge in [0.25, 0.3) is 0 Å². The number of ether oxygens (including phenoxy) is 2. The number of hydrogen-bond acceptors (Lipinski definition) is 5. The van der Waals surface area contributed by atoms with Crippen LogP contribution in [0.1, 0.15) is 5.56 Å². The van der Waals surface area contributed by atoms with Crippen molar-refractivity contribution in [3.8, 4) is 5.88 Å². The van der Waals surface area contributed by atoms with E-state index in [2.05, 4.69) is 4.98 Å². The van der Waals surface area contributed by atoms with E-state index in [9.17, 15) is 13.6 Å². The fraction of sp³-hybridized carbons (Fsp3) is 0.143. The van der Waals surface area contributed by atoms with Crippen LogP contribution in [0.15, 0.2) is 24.3 Å². The van der Waals surface area contributed by atoms with Crippen LogP contribution in [0.5, 0.6) is 5.88 Å². The minimum atomic E-state index is -1.08. The van der Waals surface area contributed by atoms with Crippen LogP contribution in [0, 0.1) is 11.8 Å². The highest BCUT2D eigenvalue weighted by molar-refractivity contribution is 6.39. The maximum Gasteiger partial charge on any atom is 0.344 e. The van der Waals surface area contributed by atoms with Gasteiger partial charge in [-0.3, -0.25) is 0 Å². The Morgan fingerprint density at radius 2 is 1.91 bits per heavy atom. The lowest BCUT2D eigenvalue weighted by Crippen LogP contribution is -2.16. The Hall–Kier alpha value is -2.12. The van der Waals surface area contributed by atoms with Gasteiger partial charge in [0.1, 0.15) is 22.5 Å². The zero-order valence-corrected chi connectivity index (χ0v) is 13.0. The van der Waals surface area contributed by atoms with Crippen LogP contribution in [-0.2, 0) is 16.1 Å². The number of anilines is 1. The molecule has 0 amide bonds. The quantitative estimate of drug-likeness (QED) is 0.651. The lowest BCUT2D eigenvalue weighted by molar-refractivity contribution is -0.147. The first kappa shape index (κ1) is 17.2. The SMILES string of the molecule is Nc1c(Cl)c(F)nc(OCC(=O)OCc2ccccc2F)c1Cl. The molecule has 2 rings (SSSR count). The number of pyridine rings is 1. The standard InChI is InChI=1S/C14H10Cl2F2N2O3/c15-10-12(19)11(16)14(20-13(10)18)23-6-9(21)22-5-7-3-1-2-4-8(7)17/h1-4H,5-6H2,(H2,19,20). The van der Waals surface area contributed by atoms with Crippen molar-refractivity contribution in [2.75, 3.05) is 12.3 Å². The summed E-state index contributed by atoms with van der Waals surface area (Å²) in [6.07, 6.45) is 0. The average Bonchev–Trinajstić information content (AvgIpc) is 2.54. The predicted octanol–water partition coefficient (Wildman–Crippen LogP) is 3.37. The Balaban J connectivity index is 1.94. The van der Waals surface area contributed by atoms with Crippen LogP contribution >= 0.6 is 23.2 Å². The Bertz CT molecular complexity index is 744. The van der Waals surface area contributed by atoms with Gasteiger partial charge in [0, 0.05) is 5.56 Å². The molecule has 0 fully saturated rings. The van der Waals surface area contributed by atoms with Gasteiger partial charge in [-0.25, -0.2) is 9.18 Å². The number of nitrogen functional groups attached to an aromatic ring is 1. The average molecular weight is 363 g/mol. The number of rotatable bonds is 5. The summed E-state index contributed by atoms with van der Waals surface area (Å²) in [6, 6.07) is 5.82. The smallest absolute Gasteiger partial charge is 0.344 e. The third-order valence-electron chi connectivity index (χ3n) is 2.71. The number of benzene rings is 1. The van der Waals surface area contributed by atoms with Crippen molar-refractivity contribution < 1.29 is 23.0 Å². The lowest BCUT2D eigenvalue weighted by Gasteiger charge is -2.10. The molecule has 0 radical (unpaired) electrons. The molecule has 2 aromatic rings. The molecule has 1 heterocycles. The first-order valence-electron chi connectivity index (χ1n) is 6.22. The monoisotopic (exact) mass is 362 g/mol. The molecular weight excluding hydrogens is 353 g/mol. The molecule has 0 unspecified atom stereocenters. The van der Waals surface area contributed by atoms with E-state index in [-0.39, 0.29) is 22.9 Å². The van der Waals surface area contributed by atoms with E-state index in [1.807, 2.05) is 0 Å². The summed E-state index contributed by atoms with van der Waals surface area (Å²) >= 11 is 11.3. The highest BCUT2D eigenvalue weighted by Gasteiger charge is 2.17. The van der Waals surface area contributed by atoms with Gasteiger partial charge in [0.15, 0.2) is 6.61 Å². The van der Waals surface area contributed by atoms with Gasteiger partial charge in [-0.15, -0.1) is 0 Å². The van der Waals surface area contributed by atoms with Gasteiger partial charge < -0.3 is 15.2 Å². The molecule has 0 aliphatic carbocycles. The summed E-state index contributed by atoms with van der Waals surface area (Å²) in [7, 11) is 0. The van der Waals surface area contributed by atoms with E-state index < -0.39 is 35.2 Å². The highest BCUT2D eigenvalue weighted by Crippen LogP contribution is 2.35. The second-order valence-corrected chi connectivity index (χ2v) is 5.05. The number of esters is 1. The summed E-state index contributed by atoms with van der Waals surface area (Å²) in [6.45, 7) is -0.880. The molecule has 2 N–H and O–H groups in total. The van der Waals surface area contributed by atoms with Crippen molar-refractivity contribution in [2.24, 2.45) is 0 Å². The number of halogens is 4. The molecule has 1 aromatic carbocycles. The van der Waals surface area contributed by atoms with Gasteiger partial charge in [-0.1, -0.05) is 41.4 Å². The fourth-order valence-corrected chi connectivity index (χ4v) is 1.92. The third kappa shape index (κ3) is 4.20. The van der Waals surface area contributed by atoms with Crippen LogP contribution < -0.4 is 10.5 Å². The maximum atomic E-state index is 13.4. The topological polar surface area (TPSA) is 74.4 Å². The van der Waals surface area contributed by atoms with Crippen LogP contribution in [0.3, 0.4) is 0 Å². The first-order valence-corrected chi connectivity index (χ1v) is 6.97. The molecule has 9 heteroatoms. The van der Waals surface area contributed by atoms with E-state index in [1.165, 1.54) is 18.2 Å². The van der Waals surface area contributed by atoms with Crippen molar-refractivity contribution in [2.45, 2.75) is 6.61 Å². The van der Waals surface area contributed by atoms with Crippen molar-refractivity contribution in [1.29, 1.82) is 0 Å². The lowest BCUT2D eigenvalue weighted by atomic mass is 10.2. The molecule has 1 aromatic heterocycles. The summed E-state index contributed by atoms with van der Waals surface area (Å²) in [5.74, 6) is -2.80. The van der Waals surface area contributed by atoms with Gasteiger partial charge in [-0.2, -0.15) is 9.37 Å². The van der Waals surface area contributed by atoms with Crippen molar-refractivity contribution in [3.63, 3.8) is 0 Å². The Morgan fingerprint density at radius 3 is 2.61 bits per heavy atom. The predicted molar refractivity (Wildman–Crippen MR) is 80.3 cm³/mol. The highest BCUT2D eigenvalue weighted by atomic mass is 35.5. The van der Waals surface area contributed by atoms with E-state index in [1.54, 1.807) is 6.07 Å². The maximum absolute atomic E-state index is 13.4. The molecule has 0 aliphatic rings. The van der Waals surface area contributed by atoms with Gasteiger partial charge in [-0.05, 0) is 6.07 Å². The van der Waals surface area contributed by atoms with Gasteiger partial charge >= 0.3 is 5.97 Å².